The Labute approximate surface area is 121 Å². The van der Waals surface area contributed by atoms with Crippen molar-refractivity contribution >= 4 is 5.91 Å². The number of amides is 1. The van der Waals surface area contributed by atoms with Gasteiger partial charge >= 0.3 is 0 Å². The van der Waals surface area contributed by atoms with Gasteiger partial charge in [0, 0.05) is 11.7 Å². The van der Waals surface area contributed by atoms with Crippen LogP contribution in [0.1, 0.15) is 39.7 Å². The molecular weight excluding hydrogens is 250 g/mol. The number of carbonyl (C=O) groups is 1. The van der Waals surface area contributed by atoms with Gasteiger partial charge < -0.3 is 9.64 Å². The molecule has 108 valence electrons. The molecule has 0 aliphatic carbocycles. The van der Waals surface area contributed by atoms with Crippen molar-refractivity contribution in [1.82, 2.24) is 4.90 Å². The highest BCUT2D eigenvalue weighted by Gasteiger charge is 2.45. The fourth-order valence-electron chi connectivity index (χ4n) is 2.67. The summed E-state index contributed by atoms with van der Waals surface area (Å²) >= 11 is 0. The molecule has 0 aromatic heterocycles. The van der Waals surface area contributed by atoms with Gasteiger partial charge in [0.1, 0.15) is 5.75 Å². The molecule has 0 saturated heterocycles. The van der Waals surface area contributed by atoms with Crippen molar-refractivity contribution in [3.05, 3.63) is 42.1 Å². The van der Waals surface area contributed by atoms with Gasteiger partial charge in [-0.1, -0.05) is 19.1 Å². The molecule has 1 atom stereocenters. The zero-order valence-electron chi connectivity index (χ0n) is 12.9. The largest absolute Gasteiger partial charge is 0.497 e. The number of nitrogens with zero attached hydrogens (tertiary/aromatic N) is 1. The van der Waals surface area contributed by atoms with E-state index < -0.39 is 5.41 Å². The second-order valence-electron chi connectivity index (χ2n) is 6.22. The molecule has 1 aliphatic rings. The minimum absolute atomic E-state index is 0.151. The van der Waals surface area contributed by atoms with Crippen LogP contribution in [0.3, 0.4) is 0 Å². The molecular formula is C17H23NO2. The fraction of sp³-hybridized carbons (Fsp3) is 0.471. The molecule has 1 heterocycles. The molecule has 20 heavy (non-hydrogen) atoms. The van der Waals surface area contributed by atoms with E-state index in [2.05, 4.69) is 27.7 Å². The summed E-state index contributed by atoms with van der Waals surface area (Å²) in [6, 6.07) is 7.79. The van der Waals surface area contributed by atoms with Crippen molar-refractivity contribution in [3.63, 3.8) is 0 Å². The zero-order chi connectivity index (χ0) is 15.0. The molecule has 0 bridgehead atoms. The van der Waals surface area contributed by atoms with Crippen LogP contribution in [0, 0.1) is 0 Å². The molecule has 0 saturated carbocycles. The van der Waals surface area contributed by atoms with Gasteiger partial charge in [-0.15, -0.1) is 0 Å². The predicted molar refractivity (Wildman–Crippen MR) is 80.7 cm³/mol. The van der Waals surface area contributed by atoms with Crippen molar-refractivity contribution in [2.45, 2.75) is 45.1 Å². The van der Waals surface area contributed by atoms with E-state index in [9.17, 15) is 4.79 Å². The van der Waals surface area contributed by atoms with Gasteiger partial charge in [0.25, 0.3) is 0 Å². The lowest BCUT2D eigenvalue weighted by molar-refractivity contribution is -0.135. The van der Waals surface area contributed by atoms with Crippen LogP contribution in [-0.4, -0.2) is 23.5 Å². The molecule has 2 rings (SSSR count). The molecule has 1 aromatic carbocycles. The van der Waals surface area contributed by atoms with Crippen molar-refractivity contribution in [2.75, 3.05) is 7.11 Å². The molecule has 1 amide bonds. The van der Waals surface area contributed by atoms with Gasteiger partial charge in [-0.3, -0.25) is 4.79 Å². The van der Waals surface area contributed by atoms with Crippen LogP contribution in [0.15, 0.2) is 36.5 Å². The highest BCUT2D eigenvalue weighted by atomic mass is 16.5. The Morgan fingerprint density at radius 1 is 1.20 bits per heavy atom. The number of ether oxygens (including phenoxy) is 1. The maximum Gasteiger partial charge on any atom is 0.241 e. The number of hydrogen-bond acceptors (Lipinski definition) is 2. The Hall–Kier alpha value is -1.77. The SMILES string of the molecule is CCC1(c2ccc(OC)cc2)C=CN(C(C)(C)C)C1=O. The van der Waals surface area contributed by atoms with Crippen molar-refractivity contribution in [2.24, 2.45) is 0 Å². The van der Waals surface area contributed by atoms with Crippen LogP contribution >= 0.6 is 0 Å². The number of methoxy groups -OCH3 is 1. The van der Waals surface area contributed by atoms with Crippen molar-refractivity contribution in [1.29, 1.82) is 0 Å². The lowest BCUT2D eigenvalue weighted by atomic mass is 9.78. The maximum absolute atomic E-state index is 12.9. The average molecular weight is 273 g/mol. The Balaban J connectivity index is 2.41. The Morgan fingerprint density at radius 3 is 2.20 bits per heavy atom. The fourth-order valence-corrected chi connectivity index (χ4v) is 2.67. The third-order valence-corrected chi connectivity index (χ3v) is 3.99. The van der Waals surface area contributed by atoms with E-state index >= 15 is 0 Å². The highest BCUT2D eigenvalue weighted by molar-refractivity contribution is 5.94. The molecule has 1 unspecified atom stereocenters. The lowest BCUT2D eigenvalue weighted by Crippen LogP contribution is -2.46. The summed E-state index contributed by atoms with van der Waals surface area (Å²) in [5.74, 6) is 0.958. The summed E-state index contributed by atoms with van der Waals surface area (Å²) in [6.45, 7) is 8.21. The number of carbonyl (C=O) groups excluding carboxylic acids is 1. The number of hydrogen-bond donors (Lipinski definition) is 0. The molecule has 3 nitrogen and oxygen atoms in total. The van der Waals surface area contributed by atoms with E-state index in [0.29, 0.717) is 0 Å². The number of benzene rings is 1. The topological polar surface area (TPSA) is 29.5 Å². The summed E-state index contributed by atoms with van der Waals surface area (Å²) < 4.78 is 5.19. The van der Waals surface area contributed by atoms with Crippen LogP contribution in [-0.2, 0) is 10.2 Å². The van der Waals surface area contributed by atoms with E-state index in [1.165, 1.54) is 0 Å². The highest BCUT2D eigenvalue weighted by Crippen LogP contribution is 2.39. The molecule has 0 radical (unpaired) electrons. The van der Waals surface area contributed by atoms with Crippen LogP contribution in [0.2, 0.25) is 0 Å². The Kier molecular flexibility index (Phi) is 3.63. The summed E-state index contributed by atoms with van der Waals surface area (Å²) in [4.78, 5) is 14.7. The van der Waals surface area contributed by atoms with E-state index in [1.54, 1.807) is 7.11 Å². The second kappa shape index (κ2) is 4.97. The molecule has 0 spiro atoms. The van der Waals surface area contributed by atoms with E-state index in [-0.39, 0.29) is 11.4 Å². The third kappa shape index (κ3) is 2.21. The van der Waals surface area contributed by atoms with Crippen molar-refractivity contribution < 1.29 is 9.53 Å². The molecule has 3 heteroatoms. The minimum Gasteiger partial charge on any atom is -0.497 e. The van der Waals surface area contributed by atoms with Crippen molar-refractivity contribution in [3.8, 4) is 5.75 Å². The zero-order valence-corrected chi connectivity index (χ0v) is 12.9. The van der Waals surface area contributed by atoms with Gasteiger partial charge in [-0.05, 0) is 51.0 Å². The number of rotatable bonds is 3. The van der Waals surface area contributed by atoms with E-state index in [4.69, 9.17) is 4.74 Å². The normalized spacial score (nSPS) is 22.4. The van der Waals surface area contributed by atoms with Gasteiger partial charge in [0.15, 0.2) is 0 Å². The van der Waals surface area contributed by atoms with Crippen LogP contribution in [0.4, 0.5) is 0 Å². The first-order valence-corrected chi connectivity index (χ1v) is 7.03. The maximum atomic E-state index is 12.9. The minimum atomic E-state index is -0.542. The van der Waals surface area contributed by atoms with Crippen LogP contribution < -0.4 is 4.74 Å². The summed E-state index contributed by atoms with van der Waals surface area (Å²) in [6.07, 6.45) is 4.71. The summed E-state index contributed by atoms with van der Waals surface area (Å²) in [5.41, 5.74) is 0.282. The first-order chi connectivity index (χ1) is 9.35. The van der Waals surface area contributed by atoms with Crippen LogP contribution in [0.25, 0.3) is 0 Å². The second-order valence-corrected chi connectivity index (χ2v) is 6.22. The third-order valence-electron chi connectivity index (χ3n) is 3.99. The smallest absolute Gasteiger partial charge is 0.241 e. The Bertz CT molecular complexity index is 525. The van der Waals surface area contributed by atoms with Gasteiger partial charge in [-0.25, -0.2) is 0 Å². The quantitative estimate of drug-likeness (QED) is 0.843. The van der Waals surface area contributed by atoms with E-state index in [1.807, 2.05) is 41.4 Å². The standard InChI is InChI=1S/C17H23NO2/c1-6-17(13-7-9-14(20-5)10-8-13)11-12-18(15(17)19)16(2,3)4/h7-12H,6H2,1-5H3. The summed E-state index contributed by atoms with van der Waals surface area (Å²) in [5, 5.41) is 0. The molecule has 0 fully saturated rings. The lowest BCUT2D eigenvalue weighted by Gasteiger charge is -2.34. The summed E-state index contributed by atoms with van der Waals surface area (Å²) in [7, 11) is 1.65. The predicted octanol–water partition coefficient (Wildman–Crippen LogP) is 3.50. The van der Waals surface area contributed by atoms with Crippen LogP contribution in [0.5, 0.6) is 5.75 Å². The Morgan fingerprint density at radius 2 is 1.80 bits per heavy atom. The molecule has 1 aliphatic heterocycles. The van der Waals surface area contributed by atoms with Gasteiger partial charge in [0.05, 0.1) is 12.5 Å². The average Bonchev–Trinajstić information content (AvgIpc) is 2.77. The monoisotopic (exact) mass is 273 g/mol. The van der Waals surface area contributed by atoms with Gasteiger partial charge in [0.2, 0.25) is 5.91 Å². The first kappa shape index (κ1) is 14.6. The van der Waals surface area contributed by atoms with Gasteiger partial charge in [-0.2, -0.15) is 0 Å². The first-order valence-electron chi connectivity index (χ1n) is 7.03. The van der Waals surface area contributed by atoms with E-state index in [0.717, 1.165) is 17.7 Å². The molecule has 1 aromatic rings. The molecule has 0 N–H and O–H groups in total.